The summed E-state index contributed by atoms with van der Waals surface area (Å²) in [7, 11) is 0. The third-order valence-corrected chi connectivity index (χ3v) is 7.32. The molecule has 0 bridgehead atoms. The average Bonchev–Trinajstić information content (AvgIpc) is 2.76. The molecule has 2 aromatic carbocycles. The van der Waals surface area contributed by atoms with Crippen molar-refractivity contribution in [3.63, 3.8) is 0 Å². The summed E-state index contributed by atoms with van der Waals surface area (Å²) in [5.41, 5.74) is 3.26. The van der Waals surface area contributed by atoms with E-state index in [2.05, 4.69) is 39.0 Å². The summed E-state index contributed by atoms with van der Waals surface area (Å²) in [6, 6.07) is 13.2. The number of unbranched alkanes of at least 4 members (excludes halogenated alkanes) is 1. The maximum Gasteiger partial charge on any atom is 0.123 e. The molecule has 26 heavy (non-hydrogen) atoms. The van der Waals surface area contributed by atoms with E-state index in [1.807, 2.05) is 23.9 Å². The summed E-state index contributed by atoms with van der Waals surface area (Å²) in [5, 5.41) is 11.6. The van der Waals surface area contributed by atoms with Crippen LogP contribution >= 0.6 is 11.8 Å². The lowest BCUT2D eigenvalue weighted by Crippen LogP contribution is -2.40. The standard InChI is InChI=1S/C23H29FOS/c1-4-6-13-23(5-2)15-26-20-12-7-16(3)14-19(20)21(22(23)25)17-8-10-18(24)11-9-17/h7-12,14,21-22,25H,4-6,13,15H2,1-3H3/t21-,22-,23-/m1/s1. The van der Waals surface area contributed by atoms with E-state index in [9.17, 15) is 9.50 Å². The van der Waals surface area contributed by atoms with Gasteiger partial charge in [0.15, 0.2) is 0 Å². The van der Waals surface area contributed by atoms with Gasteiger partial charge in [-0.3, -0.25) is 0 Å². The molecule has 0 saturated carbocycles. The van der Waals surface area contributed by atoms with Crippen molar-refractivity contribution in [2.75, 3.05) is 5.75 Å². The molecule has 0 radical (unpaired) electrons. The summed E-state index contributed by atoms with van der Waals surface area (Å²) >= 11 is 1.87. The number of aryl methyl sites for hydroxylation is 1. The Bertz CT molecular complexity index is 742. The molecule has 0 fully saturated rings. The number of rotatable bonds is 5. The largest absolute Gasteiger partial charge is 0.392 e. The zero-order valence-corrected chi connectivity index (χ0v) is 16.8. The van der Waals surface area contributed by atoms with Crippen LogP contribution in [-0.2, 0) is 0 Å². The molecule has 1 N–H and O–H groups in total. The van der Waals surface area contributed by atoms with Crippen molar-refractivity contribution in [3.8, 4) is 0 Å². The number of aliphatic hydroxyl groups is 1. The summed E-state index contributed by atoms with van der Waals surface area (Å²) in [4.78, 5) is 1.25. The lowest BCUT2D eigenvalue weighted by atomic mass is 9.69. The van der Waals surface area contributed by atoms with E-state index >= 15 is 0 Å². The zero-order chi connectivity index (χ0) is 18.7. The Hall–Kier alpha value is -1.32. The number of aliphatic hydroxyl groups excluding tert-OH is 1. The maximum atomic E-state index is 13.5. The second kappa shape index (κ2) is 8.14. The molecule has 0 aliphatic carbocycles. The predicted octanol–water partition coefficient (Wildman–Crippen LogP) is 6.32. The summed E-state index contributed by atoms with van der Waals surface area (Å²) in [6.07, 6.45) is 3.76. The average molecular weight is 373 g/mol. The summed E-state index contributed by atoms with van der Waals surface area (Å²) in [6.45, 7) is 6.49. The quantitative estimate of drug-likeness (QED) is 0.663. The Morgan fingerprint density at radius 1 is 1.15 bits per heavy atom. The highest BCUT2D eigenvalue weighted by Gasteiger charge is 2.44. The Labute approximate surface area is 161 Å². The lowest BCUT2D eigenvalue weighted by Gasteiger charge is -2.39. The van der Waals surface area contributed by atoms with Gasteiger partial charge in [-0.15, -0.1) is 11.8 Å². The fourth-order valence-corrected chi connectivity index (χ4v) is 5.62. The van der Waals surface area contributed by atoms with Crippen LogP contribution in [0.2, 0.25) is 0 Å². The summed E-state index contributed by atoms with van der Waals surface area (Å²) < 4.78 is 13.5. The fourth-order valence-electron chi connectivity index (χ4n) is 4.14. The highest BCUT2D eigenvalue weighted by atomic mass is 32.2. The van der Waals surface area contributed by atoms with Gasteiger partial charge in [0.2, 0.25) is 0 Å². The fraction of sp³-hybridized carbons (Fsp3) is 0.478. The number of hydrogen-bond acceptors (Lipinski definition) is 2. The van der Waals surface area contributed by atoms with E-state index in [1.54, 1.807) is 0 Å². The molecule has 2 aromatic rings. The van der Waals surface area contributed by atoms with Crippen LogP contribution in [0.4, 0.5) is 4.39 Å². The van der Waals surface area contributed by atoms with Crippen molar-refractivity contribution in [1.82, 2.24) is 0 Å². The zero-order valence-electron chi connectivity index (χ0n) is 16.0. The second-order valence-corrected chi connectivity index (χ2v) is 8.64. The monoisotopic (exact) mass is 372 g/mol. The summed E-state index contributed by atoms with van der Waals surface area (Å²) in [5.74, 6) is 0.582. The first-order chi connectivity index (χ1) is 12.5. The lowest BCUT2D eigenvalue weighted by molar-refractivity contribution is 0.0182. The second-order valence-electron chi connectivity index (χ2n) is 7.62. The van der Waals surface area contributed by atoms with Crippen LogP contribution in [0.1, 0.15) is 62.1 Å². The van der Waals surface area contributed by atoms with Crippen LogP contribution < -0.4 is 0 Å². The molecule has 0 unspecified atom stereocenters. The highest BCUT2D eigenvalue weighted by Crippen LogP contribution is 2.50. The van der Waals surface area contributed by atoms with Crippen molar-refractivity contribution in [3.05, 3.63) is 65.0 Å². The maximum absolute atomic E-state index is 13.5. The molecule has 0 aromatic heterocycles. The molecule has 1 aliphatic heterocycles. The van der Waals surface area contributed by atoms with E-state index < -0.39 is 6.10 Å². The SMILES string of the molecule is CCCC[C@]1(CC)CSc2ccc(C)cc2[C@@H](c2ccc(F)cc2)[C@H]1O. The number of thioether (sulfide) groups is 1. The Balaban J connectivity index is 2.13. The van der Waals surface area contributed by atoms with E-state index in [0.29, 0.717) is 0 Å². The van der Waals surface area contributed by atoms with Gasteiger partial charge in [0.1, 0.15) is 5.82 Å². The number of fused-ring (bicyclic) bond motifs is 1. The van der Waals surface area contributed by atoms with Crippen LogP contribution in [0.25, 0.3) is 0 Å². The van der Waals surface area contributed by atoms with Crippen molar-refractivity contribution in [1.29, 1.82) is 0 Å². The van der Waals surface area contributed by atoms with Gasteiger partial charge in [-0.05, 0) is 49.1 Å². The van der Waals surface area contributed by atoms with E-state index in [-0.39, 0.29) is 17.2 Å². The van der Waals surface area contributed by atoms with Gasteiger partial charge >= 0.3 is 0 Å². The topological polar surface area (TPSA) is 20.2 Å². The molecule has 1 nitrogen and oxygen atoms in total. The molecule has 3 rings (SSSR count). The normalized spacial score (nSPS) is 25.6. The third-order valence-electron chi connectivity index (χ3n) is 5.92. The first-order valence-corrected chi connectivity index (χ1v) is 10.7. The first kappa shape index (κ1) is 19.4. The van der Waals surface area contributed by atoms with Crippen molar-refractivity contribution in [2.24, 2.45) is 5.41 Å². The highest BCUT2D eigenvalue weighted by molar-refractivity contribution is 7.99. The molecular formula is C23H29FOS. The van der Waals surface area contributed by atoms with Crippen LogP contribution in [-0.4, -0.2) is 17.0 Å². The van der Waals surface area contributed by atoms with Crippen LogP contribution in [0.5, 0.6) is 0 Å². The third kappa shape index (κ3) is 3.70. The van der Waals surface area contributed by atoms with Crippen molar-refractivity contribution >= 4 is 11.8 Å². The van der Waals surface area contributed by atoms with Crippen molar-refractivity contribution < 1.29 is 9.50 Å². The molecule has 3 atom stereocenters. The first-order valence-electron chi connectivity index (χ1n) is 9.67. The molecule has 140 valence electrons. The van der Waals surface area contributed by atoms with E-state index in [0.717, 1.165) is 37.0 Å². The van der Waals surface area contributed by atoms with Gasteiger partial charge in [0.25, 0.3) is 0 Å². The molecule has 0 saturated heterocycles. The van der Waals surface area contributed by atoms with Crippen molar-refractivity contribution in [2.45, 2.75) is 63.4 Å². The molecule has 1 heterocycles. The molecule has 1 aliphatic rings. The van der Waals surface area contributed by atoms with Gasteiger partial charge in [0.05, 0.1) is 6.10 Å². The molecular weight excluding hydrogens is 343 g/mol. The minimum atomic E-state index is -0.472. The van der Waals surface area contributed by atoms with E-state index in [4.69, 9.17) is 0 Å². The minimum Gasteiger partial charge on any atom is -0.392 e. The van der Waals surface area contributed by atoms with E-state index in [1.165, 1.54) is 28.2 Å². The molecule has 0 amide bonds. The predicted molar refractivity (Wildman–Crippen MR) is 108 cm³/mol. The number of hydrogen-bond donors (Lipinski definition) is 1. The van der Waals surface area contributed by atoms with Gasteiger partial charge in [0, 0.05) is 22.0 Å². The molecule has 0 spiro atoms. The van der Waals surface area contributed by atoms with Gasteiger partial charge < -0.3 is 5.11 Å². The Kier molecular flexibility index (Phi) is 6.09. The van der Waals surface area contributed by atoms with Crippen LogP contribution in [0.3, 0.4) is 0 Å². The van der Waals surface area contributed by atoms with Gasteiger partial charge in [-0.25, -0.2) is 4.39 Å². The van der Waals surface area contributed by atoms with Gasteiger partial charge in [-0.1, -0.05) is 56.5 Å². The molecule has 3 heteroatoms. The van der Waals surface area contributed by atoms with Gasteiger partial charge in [-0.2, -0.15) is 0 Å². The Morgan fingerprint density at radius 3 is 2.54 bits per heavy atom. The van der Waals surface area contributed by atoms with Crippen LogP contribution in [0.15, 0.2) is 47.4 Å². The smallest absolute Gasteiger partial charge is 0.123 e. The number of benzene rings is 2. The number of halogens is 1. The Morgan fingerprint density at radius 2 is 1.88 bits per heavy atom. The van der Waals surface area contributed by atoms with Crippen LogP contribution in [0, 0.1) is 18.2 Å². The minimum absolute atomic E-state index is 0.114.